The first kappa shape index (κ1) is 13.0. The summed E-state index contributed by atoms with van der Waals surface area (Å²) in [4.78, 5) is 0. The van der Waals surface area contributed by atoms with Gasteiger partial charge in [0.15, 0.2) is 0 Å². The maximum Gasteiger partial charge on any atom is 0.00966 e. The van der Waals surface area contributed by atoms with Crippen LogP contribution in [0.15, 0.2) is 0 Å². The molecule has 1 nitrogen and oxygen atoms in total. The normalized spacial score (nSPS) is 31.6. The van der Waals surface area contributed by atoms with Crippen LogP contribution in [-0.2, 0) is 0 Å². The van der Waals surface area contributed by atoms with Gasteiger partial charge in [0.05, 0.1) is 0 Å². The van der Waals surface area contributed by atoms with Gasteiger partial charge in [0.1, 0.15) is 0 Å². The van der Waals surface area contributed by atoms with Gasteiger partial charge in [0.25, 0.3) is 0 Å². The quantitative estimate of drug-likeness (QED) is 0.732. The molecule has 1 aliphatic carbocycles. The van der Waals surface area contributed by atoms with E-state index in [2.05, 4.69) is 46.9 Å². The number of rotatable bonds is 2. The van der Waals surface area contributed by atoms with Crippen LogP contribution in [0.25, 0.3) is 0 Å². The van der Waals surface area contributed by atoms with Gasteiger partial charge in [0, 0.05) is 5.54 Å². The molecule has 1 N–H and O–H groups in total. The Bertz CT molecular complexity index is 200. The summed E-state index contributed by atoms with van der Waals surface area (Å²) in [6.45, 7) is 15.2. The predicted molar refractivity (Wildman–Crippen MR) is 68.0 cm³/mol. The molecular weight excluding hydrogens is 182 g/mol. The van der Waals surface area contributed by atoms with E-state index in [1.54, 1.807) is 0 Å². The molecule has 0 heterocycles. The lowest BCUT2D eigenvalue weighted by molar-refractivity contribution is 0.123. The van der Waals surface area contributed by atoms with Crippen LogP contribution in [0.4, 0.5) is 0 Å². The highest BCUT2D eigenvalue weighted by atomic mass is 14.9. The highest BCUT2D eigenvalue weighted by molar-refractivity contribution is 4.85. The lowest BCUT2D eigenvalue weighted by atomic mass is 9.68. The van der Waals surface area contributed by atoms with E-state index in [0.29, 0.717) is 5.41 Å². The molecule has 1 rings (SSSR count). The Morgan fingerprint density at radius 2 is 1.87 bits per heavy atom. The molecule has 15 heavy (non-hydrogen) atoms. The summed E-state index contributed by atoms with van der Waals surface area (Å²) >= 11 is 0. The van der Waals surface area contributed by atoms with Gasteiger partial charge in [-0.15, -0.1) is 0 Å². The Morgan fingerprint density at radius 1 is 1.27 bits per heavy atom. The molecule has 0 amide bonds. The van der Waals surface area contributed by atoms with Crippen LogP contribution in [-0.4, -0.2) is 12.1 Å². The molecule has 2 unspecified atom stereocenters. The Kier molecular flexibility index (Phi) is 3.86. The number of hydrogen-bond acceptors (Lipinski definition) is 1. The van der Waals surface area contributed by atoms with Crippen molar-refractivity contribution in [3.05, 3.63) is 0 Å². The largest absolute Gasteiger partial charge is 0.312 e. The molecule has 0 spiro atoms. The van der Waals surface area contributed by atoms with E-state index in [1.165, 1.54) is 25.8 Å². The van der Waals surface area contributed by atoms with E-state index in [4.69, 9.17) is 0 Å². The van der Waals surface area contributed by atoms with Crippen LogP contribution in [0.2, 0.25) is 0 Å². The third-order valence-electron chi connectivity index (χ3n) is 3.77. The van der Waals surface area contributed by atoms with E-state index in [0.717, 1.165) is 11.8 Å². The first-order valence-corrected chi connectivity index (χ1v) is 6.45. The average molecular weight is 211 g/mol. The van der Waals surface area contributed by atoms with E-state index < -0.39 is 0 Å². The van der Waals surface area contributed by atoms with Crippen LogP contribution in [0.3, 0.4) is 0 Å². The molecule has 1 heteroatoms. The van der Waals surface area contributed by atoms with E-state index >= 15 is 0 Å². The van der Waals surface area contributed by atoms with E-state index in [9.17, 15) is 0 Å². The summed E-state index contributed by atoms with van der Waals surface area (Å²) in [5.41, 5.74) is 0.852. The molecule has 1 saturated carbocycles. The topological polar surface area (TPSA) is 12.0 Å². The summed E-state index contributed by atoms with van der Waals surface area (Å²) in [5.74, 6) is 1.76. The molecule has 90 valence electrons. The summed E-state index contributed by atoms with van der Waals surface area (Å²) in [5, 5.41) is 3.65. The van der Waals surface area contributed by atoms with E-state index in [-0.39, 0.29) is 5.54 Å². The van der Waals surface area contributed by atoms with Crippen molar-refractivity contribution in [2.24, 2.45) is 17.3 Å². The zero-order chi connectivity index (χ0) is 11.7. The standard InChI is InChI=1S/C14H29N/c1-11-9-14(5,6)8-7-12(11)10-15-13(2,3)4/h11-12,15H,7-10H2,1-6H3. The van der Waals surface area contributed by atoms with Crippen LogP contribution in [0.1, 0.15) is 60.8 Å². The van der Waals surface area contributed by atoms with Crippen molar-refractivity contribution in [1.29, 1.82) is 0 Å². The molecule has 0 aromatic heterocycles. The smallest absolute Gasteiger partial charge is 0.00966 e. The monoisotopic (exact) mass is 211 g/mol. The second-order valence-corrected chi connectivity index (χ2v) is 7.28. The SMILES string of the molecule is CC1CC(C)(C)CCC1CNC(C)(C)C. The van der Waals surface area contributed by atoms with Gasteiger partial charge in [-0.1, -0.05) is 20.8 Å². The highest BCUT2D eigenvalue weighted by Gasteiger charge is 2.32. The third kappa shape index (κ3) is 4.55. The third-order valence-corrected chi connectivity index (χ3v) is 3.77. The summed E-state index contributed by atoms with van der Waals surface area (Å²) in [6, 6.07) is 0. The van der Waals surface area contributed by atoms with Gasteiger partial charge in [-0.3, -0.25) is 0 Å². The van der Waals surface area contributed by atoms with Gasteiger partial charge < -0.3 is 5.32 Å². The van der Waals surface area contributed by atoms with Gasteiger partial charge >= 0.3 is 0 Å². The lowest BCUT2D eigenvalue weighted by Crippen LogP contribution is -2.42. The molecule has 0 saturated heterocycles. The molecule has 0 radical (unpaired) electrons. The van der Waals surface area contributed by atoms with Crippen LogP contribution < -0.4 is 5.32 Å². The Hall–Kier alpha value is -0.0400. The zero-order valence-corrected chi connectivity index (χ0v) is 11.5. The number of hydrogen-bond donors (Lipinski definition) is 1. The highest BCUT2D eigenvalue weighted by Crippen LogP contribution is 2.41. The fourth-order valence-electron chi connectivity index (χ4n) is 2.74. The number of nitrogens with one attached hydrogen (secondary N) is 1. The predicted octanol–water partition coefficient (Wildman–Crippen LogP) is 3.84. The molecule has 0 aromatic rings. The maximum absolute atomic E-state index is 3.65. The Labute approximate surface area is 96.0 Å². The molecule has 0 aromatic carbocycles. The van der Waals surface area contributed by atoms with Gasteiger partial charge in [-0.2, -0.15) is 0 Å². The van der Waals surface area contributed by atoms with Crippen LogP contribution in [0.5, 0.6) is 0 Å². The zero-order valence-electron chi connectivity index (χ0n) is 11.5. The molecular formula is C14H29N. The van der Waals surface area contributed by atoms with Gasteiger partial charge in [0.2, 0.25) is 0 Å². The van der Waals surface area contributed by atoms with Crippen LogP contribution >= 0.6 is 0 Å². The van der Waals surface area contributed by atoms with Crippen molar-refractivity contribution in [3.8, 4) is 0 Å². The fraction of sp³-hybridized carbons (Fsp3) is 1.00. The minimum Gasteiger partial charge on any atom is -0.312 e. The van der Waals surface area contributed by atoms with Crippen molar-refractivity contribution in [2.75, 3.05) is 6.54 Å². The maximum atomic E-state index is 3.65. The van der Waals surface area contributed by atoms with Crippen molar-refractivity contribution >= 4 is 0 Å². The molecule has 1 fully saturated rings. The van der Waals surface area contributed by atoms with E-state index in [1.807, 2.05) is 0 Å². The lowest BCUT2D eigenvalue weighted by Gasteiger charge is -2.40. The summed E-state index contributed by atoms with van der Waals surface area (Å²) in [7, 11) is 0. The molecule has 2 atom stereocenters. The van der Waals surface area contributed by atoms with Crippen LogP contribution in [0, 0.1) is 17.3 Å². The Balaban J connectivity index is 2.39. The summed E-state index contributed by atoms with van der Waals surface area (Å²) < 4.78 is 0. The first-order valence-electron chi connectivity index (χ1n) is 6.45. The molecule has 0 aliphatic heterocycles. The van der Waals surface area contributed by atoms with Crippen molar-refractivity contribution in [2.45, 2.75) is 66.3 Å². The minimum atomic E-state index is 0.271. The van der Waals surface area contributed by atoms with Gasteiger partial charge in [-0.05, 0) is 63.8 Å². The minimum absolute atomic E-state index is 0.271. The van der Waals surface area contributed by atoms with Crippen molar-refractivity contribution in [1.82, 2.24) is 5.32 Å². The second kappa shape index (κ2) is 4.45. The van der Waals surface area contributed by atoms with Crippen molar-refractivity contribution < 1.29 is 0 Å². The summed E-state index contributed by atoms with van der Waals surface area (Å²) in [6.07, 6.45) is 4.19. The molecule has 0 bridgehead atoms. The average Bonchev–Trinajstić information content (AvgIpc) is 1.99. The fourth-order valence-corrected chi connectivity index (χ4v) is 2.74. The Morgan fingerprint density at radius 3 is 2.33 bits per heavy atom. The van der Waals surface area contributed by atoms with Gasteiger partial charge in [-0.25, -0.2) is 0 Å². The first-order chi connectivity index (χ1) is 6.70. The second-order valence-electron chi connectivity index (χ2n) is 7.28. The molecule has 1 aliphatic rings. The van der Waals surface area contributed by atoms with Crippen molar-refractivity contribution in [3.63, 3.8) is 0 Å².